The Kier molecular flexibility index (Phi) is 7.84. The number of nitro benzene ring substituents is 1. The molecule has 11 heteroatoms. The first-order valence-electron chi connectivity index (χ1n) is 11.0. The molecule has 4 rings (SSSR count). The molecular weight excluding hydrogens is 498 g/mol. The lowest BCUT2D eigenvalue weighted by atomic mass is 10.1. The van der Waals surface area contributed by atoms with Crippen molar-refractivity contribution in [1.82, 2.24) is 4.90 Å². The maximum absolute atomic E-state index is 12.9. The SMILES string of the molecule is COc1cc(C=C2SC(=O)N(Cc3ccccc3[N+](=O)[O-])C2=O)ccc1OCC(=O)Nc1ccccc1. The lowest BCUT2D eigenvalue weighted by molar-refractivity contribution is -0.385. The monoisotopic (exact) mass is 519 g/mol. The summed E-state index contributed by atoms with van der Waals surface area (Å²) < 4.78 is 11.0. The third-order valence-corrected chi connectivity index (χ3v) is 6.20. The third kappa shape index (κ3) is 6.14. The van der Waals surface area contributed by atoms with E-state index in [0.717, 1.165) is 16.7 Å². The maximum atomic E-state index is 12.9. The molecule has 1 fully saturated rings. The quantitative estimate of drug-likeness (QED) is 0.241. The van der Waals surface area contributed by atoms with Gasteiger partial charge in [-0.05, 0) is 47.7 Å². The molecule has 1 heterocycles. The molecule has 0 aliphatic carbocycles. The molecule has 0 aromatic heterocycles. The van der Waals surface area contributed by atoms with Crippen LogP contribution in [0.5, 0.6) is 11.5 Å². The van der Waals surface area contributed by atoms with Crippen LogP contribution in [0.15, 0.2) is 77.7 Å². The van der Waals surface area contributed by atoms with Crippen molar-refractivity contribution in [1.29, 1.82) is 0 Å². The number of methoxy groups -OCH3 is 1. The fraction of sp³-hybridized carbons (Fsp3) is 0.115. The number of carbonyl (C=O) groups excluding carboxylic acids is 3. The van der Waals surface area contributed by atoms with Crippen LogP contribution in [0.1, 0.15) is 11.1 Å². The number of nitrogens with one attached hydrogen (secondary N) is 1. The lowest BCUT2D eigenvalue weighted by Gasteiger charge is -2.12. The smallest absolute Gasteiger partial charge is 0.293 e. The van der Waals surface area contributed by atoms with E-state index >= 15 is 0 Å². The first kappa shape index (κ1) is 25.5. The fourth-order valence-electron chi connectivity index (χ4n) is 3.54. The minimum atomic E-state index is -0.551. The van der Waals surface area contributed by atoms with E-state index in [1.807, 2.05) is 6.07 Å². The van der Waals surface area contributed by atoms with E-state index in [9.17, 15) is 24.5 Å². The van der Waals surface area contributed by atoms with Crippen LogP contribution in [0.3, 0.4) is 0 Å². The van der Waals surface area contributed by atoms with Crippen LogP contribution in [-0.2, 0) is 16.1 Å². The fourth-order valence-corrected chi connectivity index (χ4v) is 4.37. The van der Waals surface area contributed by atoms with E-state index in [4.69, 9.17) is 9.47 Å². The minimum Gasteiger partial charge on any atom is -0.493 e. The van der Waals surface area contributed by atoms with Gasteiger partial charge >= 0.3 is 0 Å². The van der Waals surface area contributed by atoms with Gasteiger partial charge in [-0.2, -0.15) is 0 Å². The molecule has 37 heavy (non-hydrogen) atoms. The average Bonchev–Trinajstić information content (AvgIpc) is 3.15. The van der Waals surface area contributed by atoms with Crippen LogP contribution in [0, 0.1) is 10.1 Å². The molecule has 1 aliphatic rings. The van der Waals surface area contributed by atoms with Crippen LogP contribution in [0.4, 0.5) is 16.2 Å². The highest BCUT2D eigenvalue weighted by molar-refractivity contribution is 8.18. The van der Waals surface area contributed by atoms with Crippen molar-refractivity contribution in [2.75, 3.05) is 19.0 Å². The van der Waals surface area contributed by atoms with E-state index in [1.54, 1.807) is 48.5 Å². The predicted molar refractivity (Wildman–Crippen MR) is 138 cm³/mol. The van der Waals surface area contributed by atoms with Gasteiger partial charge in [0.05, 0.1) is 23.5 Å². The molecule has 1 aliphatic heterocycles. The van der Waals surface area contributed by atoms with Gasteiger partial charge in [-0.25, -0.2) is 0 Å². The summed E-state index contributed by atoms with van der Waals surface area (Å²) in [7, 11) is 1.44. The van der Waals surface area contributed by atoms with Crippen molar-refractivity contribution in [3.8, 4) is 11.5 Å². The van der Waals surface area contributed by atoms with Gasteiger partial charge in [0, 0.05) is 17.3 Å². The highest BCUT2D eigenvalue weighted by atomic mass is 32.2. The van der Waals surface area contributed by atoms with Crippen LogP contribution in [0.25, 0.3) is 6.08 Å². The van der Waals surface area contributed by atoms with E-state index in [0.29, 0.717) is 22.7 Å². The van der Waals surface area contributed by atoms with Crippen LogP contribution in [0.2, 0.25) is 0 Å². The lowest BCUT2D eigenvalue weighted by Crippen LogP contribution is -2.27. The Balaban J connectivity index is 1.45. The number of hydrogen-bond donors (Lipinski definition) is 1. The summed E-state index contributed by atoms with van der Waals surface area (Å²) in [4.78, 5) is 49.4. The molecule has 0 unspecified atom stereocenters. The number of thioether (sulfide) groups is 1. The number of amides is 3. The molecule has 10 nitrogen and oxygen atoms in total. The number of rotatable bonds is 9. The first-order valence-corrected chi connectivity index (χ1v) is 11.8. The topological polar surface area (TPSA) is 128 Å². The van der Waals surface area contributed by atoms with Crippen LogP contribution in [-0.4, -0.2) is 40.6 Å². The zero-order valence-electron chi connectivity index (χ0n) is 19.6. The summed E-state index contributed by atoms with van der Waals surface area (Å²) in [5.74, 6) is -0.234. The van der Waals surface area contributed by atoms with Crippen molar-refractivity contribution in [2.24, 2.45) is 0 Å². The summed E-state index contributed by atoms with van der Waals surface area (Å²) in [6.45, 7) is -0.449. The Hall–Kier alpha value is -4.64. The third-order valence-electron chi connectivity index (χ3n) is 5.29. The van der Waals surface area contributed by atoms with E-state index in [2.05, 4.69) is 5.32 Å². The normalized spacial score (nSPS) is 14.1. The van der Waals surface area contributed by atoms with E-state index in [1.165, 1.54) is 31.4 Å². The number of para-hydroxylation sites is 2. The number of nitrogens with zero attached hydrogens (tertiary/aromatic N) is 2. The number of hydrogen-bond acceptors (Lipinski definition) is 8. The number of anilines is 1. The average molecular weight is 520 g/mol. The molecule has 0 atom stereocenters. The molecule has 0 radical (unpaired) electrons. The second-order valence-corrected chi connectivity index (χ2v) is 8.76. The highest BCUT2D eigenvalue weighted by Crippen LogP contribution is 2.36. The van der Waals surface area contributed by atoms with Crippen molar-refractivity contribution in [2.45, 2.75) is 6.54 Å². The number of benzene rings is 3. The second-order valence-electron chi connectivity index (χ2n) is 7.77. The molecule has 1 N–H and O–H groups in total. The number of ether oxygens (including phenoxy) is 2. The summed E-state index contributed by atoms with van der Waals surface area (Å²) in [5.41, 5.74) is 1.31. The molecule has 0 bridgehead atoms. The second kappa shape index (κ2) is 11.4. The Morgan fingerprint density at radius 3 is 2.51 bits per heavy atom. The van der Waals surface area contributed by atoms with Gasteiger partial charge in [0.25, 0.3) is 22.7 Å². The van der Waals surface area contributed by atoms with Gasteiger partial charge in [0.2, 0.25) is 0 Å². The summed E-state index contributed by atoms with van der Waals surface area (Å²) >= 11 is 0.747. The predicted octanol–water partition coefficient (Wildman–Crippen LogP) is 4.86. The van der Waals surface area contributed by atoms with Crippen molar-refractivity contribution < 1.29 is 28.8 Å². The van der Waals surface area contributed by atoms with Gasteiger partial charge in [-0.3, -0.25) is 29.4 Å². The number of carbonyl (C=O) groups is 3. The van der Waals surface area contributed by atoms with Crippen molar-refractivity contribution in [3.05, 3.63) is 98.9 Å². The van der Waals surface area contributed by atoms with Crippen LogP contribution < -0.4 is 14.8 Å². The van der Waals surface area contributed by atoms with Gasteiger partial charge < -0.3 is 14.8 Å². The Labute approximate surface area is 216 Å². The summed E-state index contributed by atoms with van der Waals surface area (Å²) in [5, 5.41) is 13.5. The molecule has 0 spiro atoms. The zero-order valence-corrected chi connectivity index (χ0v) is 20.4. The van der Waals surface area contributed by atoms with Gasteiger partial charge in [0.1, 0.15) is 0 Å². The standard InChI is InChI=1S/C26H21N3O7S/c1-35-22-13-17(11-12-21(22)36-16-24(30)27-19-8-3-2-4-9-19)14-23-25(31)28(26(32)37-23)15-18-7-5-6-10-20(18)29(33)34/h2-14H,15-16H2,1H3,(H,27,30). The maximum Gasteiger partial charge on any atom is 0.293 e. The minimum absolute atomic E-state index is 0.164. The van der Waals surface area contributed by atoms with E-state index in [-0.39, 0.29) is 35.2 Å². The van der Waals surface area contributed by atoms with Crippen LogP contribution >= 0.6 is 11.8 Å². The Morgan fingerprint density at radius 1 is 1.05 bits per heavy atom. The molecule has 3 amide bonds. The van der Waals surface area contributed by atoms with Crippen molar-refractivity contribution in [3.63, 3.8) is 0 Å². The number of nitro groups is 1. The largest absolute Gasteiger partial charge is 0.493 e. The molecule has 188 valence electrons. The highest BCUT2D eigenvalue weighted by Gasteiger charge is 2.36. The molecule has 3 aromatic carbocycles. The Morgan fingerprint density at radius 2 is 1.78 bits per heavy atom. The summed E-state index contributed by atoms with van der Waals surface area (Å²) in [6, 6.07) is 19.8. The zero-order chi connectivity index (χ0) is 26.4. The van der Waals surface area contributed by atoms with Gasteiger partial charge in [-0.15, -0.1) is 0 Å². The van der Waals surface area contributed by atoms with E-state index < -0.39 is 16.1 Å². The molecule has 0 saturated carbocycles. The molecule has 1 saturated heterocycles. The molecule has 3 aromatic rings. The molecular formula is C26H21N3O7S. The first-order chi connectivity index (χ1) is 17.9. The van der Waals surface area contributed by atoms with Gasteiger partial charge in [0.15, 0.2) is 18.1 Å². The van der Waals surface area contributed by atoms with Crippen molar-refractivity contribution >= 4 is 46.3 Å². The van der Waals surface area contributed by atoms with Gasteiger partial charge in [-0.1, -0.05) is 42.5 Å². The number of imide groups is 1. The Bertz CT molecular complexity index is 1390. The summed E-state index contributed by atoms with van der Waals surface area (Å²) in [6.07, 6.45) is 1.53.